The maximum absolute atomic E-state index is 6.69. The monoisotopic (exact) mass is 770 g/mol. The van der Waals surface area contributed by atoms with Crippen molar-refractivity contribution in [3.63, 3.8) is 0 Å². The number of fused-ring (bicyclic) bond motifs is 18. The largest absolute Gasteiger partial charge is 0.456 e. The summed E-state index contributed by atoms with van der Waals surface area (Å²) in [5, 5.41) is 7.05. The van der Waals surface area contributed by atoms with Gasteiger partial charge in [0.1, 0.15) is 22.3 Å². The van der Waals surface area contributed by atoms with E-state index in [1.54, 1.807) is 0 Å². The van der Waals surface area contributed by atoms with Gasteiger partial charge in [-0.1, -0.05) is 126 Å². The highest BCUT2D eigenvalue weighted by Crippen LogP contribution is 2.55. The van der Waals surface area contributed by atoms with Gasteiger partial charge in [0.25, 0.3) is 0 Å². The van der Waals surface area contributed by atoms with Gasteiger partial charge >= 0.3 is 6.85 Å². The van der Waals surface area contributed by atoms with Crippen LogP contribution in [-0.2, 0) is 10.8 Å². The number of para-hydroxylation sites is 2. The minimum atomic E-state index is -0.137. The van der Waals surface area contributed by atoms with Crippen molar-refractivity contribution < 1.29 is 8.83 Å². The van der Waals surface area contributed by atoms with Crippen molar-refractivity contribution in [1.82, 2.24) is 4.57 Å². The Hall–Kier alpha value is -6.98. The van der Waals surface area contributed by atoms with E-state index in [-0.39, 0.29) is 17.7 Å². The molecule has 5 heterocycles. The molecule has 0 unspecified atom stereocenters. The fourth-order valence-electron chi connectivity index (χ4n) is 11.5. The second kappa shape index (κ2) is 10.8. The van der Waals surface area contributed by atoms with E-state index in [0.717, 1.165) is 44.2 Å². The van der Waals surface area contributed by atoms with Crippen molar-refractivity contribution in [3.05, 3.63) is 162 Å². The Balaban J connectivity index is 1.18. The van der Waals surface area contributed by atoms with Gasteiger partial charge < -0.3 is 18.2 Å². The molecule has 0 saturated heterocycles. The third-order valence-corrected chi connectivity index (χ3v) is 14.3. The third kappa shape index (κ3) is 3.94. The molecule has 60 heavy (non-hydrogen) atoms. The summed E-state index contributed by atoms with van der Waals surface area (Å²) >= 11 is 0. The summed E-state index contributed by atoms with van der Waals surface area (Å²) in [4.78, 5) is 2.66. The third-order valence-electron chi connectivity index (χ3n) is 14.3. The minimum Gasteiger partial charge on any atom is -0.456 e. The Morgan fingerprint density at radius 1 is 0.517 bits per heavy atom. The average Bonchev–Trinajstić information content (AvgIpc) is 3.98. The summed E-state index contributed by atoms with van der Waals surface area (Å²) < 4.78 is 15.8. The van der Waals surface area contributed by atoms with Crippen LogP contribution in [0, 0.1) is 0 Å². The van der Waals surface area contributed by atoms with Gasteiger partial charge in [-0.2, -0.15) is 0 Å². The summed E-state index contributed by atoms with van der Waals surface area (Å²) in [5.74, 6) is 0. The van der Waals surface area contributed by atoms with Crippen LogP contribution in [0.5, 0.6) is 0 Å². The maximum Gasteiger partial charge on any atom is 0.333 e. The lowest BCUT2D eigenvalue weighted by molar-refractivity contribution is 0.590. The van der Waals surface area contributed by atoms with Gasteiger partial charge in [-0.05, 0) is 98.3 Å². The molecule has 3 aliphatic rings. The molecule has 0 bridgehead atoms. The van der Waals surface area contributed by atoms with Crippen LogP contribution in [0.3, 0.4) is 0 Å². The summed E-state index contributed by atoms with van der Waals surface area (Å²) in [6.45, 7) is 11.5. The van der Waals surface area contributed by atoms with Crippen LogP contribution in [-0.4, -0.2) is 11.4 Å². The smallest absolute Gasteiger partial charge is 0.333 e. The Kier molecular flexibility index (Phi) is 5.92. The van der Waals surface area contributed by atoms with E-state index in [9.17, 15) is 0 Å². The molecule has 0 amide bonds. The zero-order valence-electron chi connectivity index (χ0n) is 34.1. The number of benzene rings is 8. The van der Waals surface area contributed by atoms with Crippen molar-refractivity contribution in [1.29, 1.82) is 0 Å². The molecule has 5 heteroatoms. The number of rotatable bonds is 1. The predicted molar refractivity (Wildman–Crippen MR) is 251 cm³/mol. The number of anilines is 2. The lowest BCUT2D eigenvalue weighted by Crippen LogP contribution is -2.60. The van der Waals surface area contributed by atoms with E-state index in [1.165, 1.54) is 88.4 Å². The first-order valence-electron chi connectivity index (χ1n) is 21.2. The molecule has 0 atom stereocenters. The van der Waals surface area contributed by atoms with E-state index in [2.05, 4.69) is 190 Å². The van der Waals surface area contributed by atoms with Crippen molar-refractivity contribution >= 4 is 94.8 Å². The standard InChI is InChI=1S/C55H39BN2O2/c1-54(2,3)30-18-20-31(21-19-30)58-44-28-37-32-12-6-9-15-40(32)55(4,5)41(37)26-38(44)34-22-23-36-50-43(24-25-48-51(50)35-14-8-11-17-47(35)59-48)57-45-29-49-39(33-13-7-10-16-46(33)60-49)27-42(45)56(58)52(34)53(36)57/h6-29H,1-5H3. The summed E-state index contributed by atoms with van der Waals surface area (Å²) in [6, 6.07) is 54.4. The van der Waals surface area contributed by atoms with E-state index < -0.39 is 0 Å². The van der Waals surface area contributed by atoms with Crippen molar-refractivity contribution in [2.45, 2.75) is 45.4 Å². The molecule has 1 aliphatic carbocycles. The topological polar surface area (TPSA) is 34.5 Å². The maximum atomic E-state index is 6.69. The zero-order valence-corrected chi connectivity index (χ0v) is 34.1. The number of furan rings is 2. The van der Waals surface area contributed by atoms with Crippen LogP contribution in [0.1, 0.15) is 51.3 Å². The second-order valence-corrected chi connectivity index (χ2v) is 18.8. The van der Waals surface area contributed by atoms with Gasteiger partial charge in [0.15, 0.2) is 0 Å². The van der Waals surface area contributed by atoms with E-state index >= 15 is 0 Å². The molecule has 8 aromatic carbocycles. The van der Waals surface area contributed by atoms with Crippen LogP contribution in [0.25, 0.3) is 93.6 Å². The second-order valence-electron chi connectivity index (χ2n) is 18.8. The van der Waals surface area contributed by atoms with Crippen LogP contribution in [0.2, 0.25) is 0 Å². The fourth-order valence-corrected chi connectivity index (χ4v) is 11.5. The highest BCUT2D eigenvalue weighted by molar-refractivity contribution is 6.94. The first-order chi connectivity index (χ1) is 29.1. The Labute approximate surface area is 347 Å². The molecule has 4 nitrogen and oxygen atoms in total. The number of aromatic nitrogens is 1. The van der Waals surface area contributed by atoms with Crippen LogP contribution < -0.4 is 15.7 Å². The van der Waals surface area contributed by atoms with Crippen LogP contribution >= 0.6 is 0 Å². The van der Waals surface area contributed by atoms with E-state index in [0.29, 0.717) is 0 Å². The number of hydrogen-bond acceptors (Lipinski definition) is 3. The van der Waals surface area contributed by atoms with Gasteiger partial charge in [0, 0.05) is 66.4 Å². The van der Waals surface area contributed by atoms with Crippen LogP contribution in [0.4, 0.5) is 11.4 Å². The molecule has 0 spiro atoms. The Morgan fingerprint density at radius 3 is 2.07 bits per heavy atom. The van der Waals surface area contributed by atoms with Gasteiger partial charge in [0.2, 0.25) is 0 Å². The Morgan fingerprint density at radius 2 is 1.25 bits per heavy atom. The lowest BCUT2D eigenvalue weighted by Gasteiger charge is -2.42. The van der Waals surface area contributed by atoms with Crippen molar-refractivity contribution in [2.75, 3.05) is 4.81 Å². The van der Waals surface area contributed by atoms with Crippen LogP contribution in [0.15, 0.2) is 154 Å². The quantitative estimate of drug-likeness (QED) is 0.156. The Bertz CT molecular complexity index is 3740. The van der Waals surface area contributed by atoms with Gasteiger partial charge in [-0.3, -0.25) is 0 Å². The molecule has 284 valence electrons. The molecule has 3 aromatic heterocycles. The first kappa shape index (κ1) is 32.9. The summed E-state index contributed by atoms with van der Waals surface area (Å²) in [5.41, 5.74) is 21.4. The normalized spacial score (nSPS) is 14.8. The minimum absolute atomic E-state index is 0.0299. The predicted octanol–water partition coefficient (Wildman–Crippen LogP) is 13.4. The molecular formula is C55H39BN2O2. The highest BCUT2D eigenvalue weighted by Gasteiger charge is 2.46. The fraction of sp³-hybridized carbons (Fsp3) is 0.127. The van der Waals surface area contributed by atoms with Gasteiger partial charge in [-0.15, -0.1) is 0 Å². The van der Waals surface area contributed by atoms with Crippen molar-refractivity contribution in [3.8, 4) is 27.9 Å². The molecule has 0 N–H and O–H groups in total. The first-order valence-corrected chi connectivity index (χ1v) is 21.2. The molecule has 0 saturated carbocycles. The molecule has 14 rings (SSSR count). The number of nitrogens with zero attached hydrogens (tertiary/aromatic N) is 2. The van der Waals surface area contributed by atoms with Gasteiger partial charge in [-0.25, -0.2) is 0 Å². The van der Waals surface area contributed by atoms with Gasteiger partial charge in [0.05, 0.1) is 11.0 Å². The molecule has 2 aliphatic heterocycles. The van der Waals surface area contributed by atoms with Crippen molar-refractivity contribution in [2.24, 2.45) is 0 Å². The lowest BCUT2D eigenvalue weighted by atomic mass is 9.44. The SMILES string of the molecule is CC(C)(C)c1ccc(N2B3c4cc5c(cc4-n4c6ccc7oc8ccccc8c7c6c6ccc(c3c64)-c3cc4c(cc32)-c2ccccc2C4(C)C)oc2ccccc25)cc1. The molecule has 0 fully saturated rings. The summed E-state index contributed by atoms with van der Waals surface area (Å²) in [7, 11) is 0. The molecule has 0 radical (unpaired) electrons. The highest BCUT2D eigenvalue weighted by atomic mass is 16.3. The zero-order chi connectivity index (χ0) is 40.0. The molecule has 11 aromatic rings. The molecular weight excluding hydrogens is 731 g/mol. The summed E-state index contributed by atoms with van der Waals surface area (Å²) in [6.07, 6.45) is 0. The van der Waals surface area contributed by atoms with E-state index in [4.69, 9.17) is 8.83 Å². The number of hydrogen-bond donors (Lipinski definition) is 0. The van der Waals surface area contributed by atoms with E-state index in [1.807, 2.05) is 0 Å². The average molecular weight is 771 g/mol.